The van der Waals surface area contributed by atoms with Crippen molar-refractivity contribution >= 4 is 11.8 Å². The molecule has 3 fully saturated rings. The van der Waals surface area contributed by atoms with Gasteiger partial charge < -0.3 is 20.5 Å². The van der Waals surface area contributed by atoms with Gasteiger partial charge in [0.1, 0.15) is 5.75 Å². The van der Waals surface area contributed by atoms with Crippen molar-refractivity contribution in [1.82, 2.24) is 10.6 Å². The van der Waals surface area contributed by atoms with E-state index in [1.165, 1.54) is 6.42 Å². The van der Waals surface area contributed by atoms with Crippen molar-refractivity contribution in [2.45, 2.75) is 97.2 Å². The van der Waals surface area contributed by atoms with Gasteiger partial charge in [-0.05, 0) is 79.4 Å². The van der Waals surface area contributed by atoms with E-state index in [1.54, 1.807) is 7.11 Å². The van der Waals surface area contributed by atoms with Crippen molar-refractivity contribution in [2.75, 3.05) is 7.11 Å². The van der Waals surface area contributed by atoms with E-state index in [-0.39, 0.29) is 52.9 Å². The van der Waals surface area contributed by atoms with E-state index in [1.807, 2.05) is 31.2 Å². The minimum atomic E-state index is -0.546. The quantitative estimate of drug-likeness (QED) is 0.502. The van der Waals surface area contributed by atoms with Gasteiger partial charge in [0.2, 0.25) is 11.8 Å². The molecule has 0 radical (unpaired) electrons. The Bertz CT molecular complexity index is 897. The van der Waals surface area contributed by atoms with Crippen LogP contribution in [0.4, 0.5) is 0 Å². The summed E-state index contributed by atoms with van der Waals surface area (Å²) < 4.78 is 5.21. The Labute approximate surface area is 217 Å². The zero-order chi connectivity index (χ0) is 25.9. The predicted molar refractivity (Wildman–Crippen MR) is 141 cm³/mol. The van der Waals surface area contributed by atoms with Crippen molar-refractivity contribution in [2.24, 2.45) is 35.0 Å². The number of ether oxygens (including phenoxy) is 1. The van der Waals surface area contributed by atoms with Crippen molar-refractivity contribution in [1.29, 1.82) is 0 Å². The molecule has 3 N–H and O–H groups in total. The first kappa shape index (κ1) is 27.0. The molecule has 36 heavy (non-hydrogen) atoms. The molecule has 200 valence electrons. The van der Waals surface area contributed by atoms with Gasteiger partial charge in [0.15, 0.2) is 0 Å². The summed E-state index contributed by atoms with van der Waals surface area (Å²) in [6, 6.07) is 7.80. The van der Waals surface area contributed by atoms with E-state index < -0.39 is 6.10 Å². The lowest BCUT2D eigenvalue weighted by molar-refractivity contribution is -0.144. The van der Waals surface area contributed by atoms with Crippen LogP contribution in [-0.4, -0.2) is 36.2 Å². The Morgan fingerprint density at radius 3 is 2.42 bits per heavy atom. The largest absolute Gasteiger partial charge is 0.497 e. The van der Waals surface area contributed by atoms with Crippen LogP contribution in [-0.2, 0) is 16.1 Å². The molecule has 0 saturated heterocycles. The number of methoxy groups -OCH3 is 1. The number of carbonyl (C=O) groups is 2. The molecule has 4 rings (SSSR count). The maximum absolute atomic E-state index is 13.1. The maximum Gasteiger partial charge on any atom is 0.223 e. The first-order chi connectivity index (χ1) is 17.2. The average Bonchev–Trinajstić information content (AvgIpc) is 2.89. The van der Waals surface area contributed by atoms with Gasteiger partial charge in [0, 0.05) is 24.4 Å². The summed E-state index contributed by atoms with van der Waals surface area (Å²) in [5.74, 6) is 1.07. The lowest BCUT2D eigenvalue weighted by Crippen LogP contribution is -2.59. The molecule has 7 atom stereocenters. The lowest BCUT2D eigenvalue weighted by Gasteiger charge is -2.56. The van der Waals surface area contributed by atoms with E-state index in [0.717, 1.165) is 62.7 Å². The number of aliphatic hydroxyl groups excluding tert-OH is 1. The Morgan fingerprint density at radius 2 is 1.75 bits per heavy atom. The fourth-order valence-corrected chi connectivity index (χ4v) is 7.45. The Balaban J connectivity index is 1.37. The Kier molecular flexibility index (Phi) is 8.64. The molecule has 0 aliphatic heterocycles. The van der Waals surface area contributed by atoms with Gasteiger partial charge in [-0.15, -0.1) is 0 Å². The second-order valence-corrected chi connectivity index (χ2v) is 12.1. The number of nitrogens with one attached hydrogen (secondary N) is 2. The second kappa shape index (κ2) is 11.5. The number of fused-ring (bicyclic) bond motifs is 1. The van der Waals surface area contributed by atoms with Crippen LogP contribution < -0.4 is 15.4 Å². The van der Waals surface area contributed by atoms with Crippen molar-refractivity contribution in [3.8, 4) is 5.75 Å². The van der Waals surface area contributed by atoms with Crippen LogP contribution in [0, 0.1) is 35.0 Å². The second-order valence-electron chi connectivity index (χ2n) is 12.1. The van der Waals surface area contributed by atoms with Crippen LogP contribution in [0.3, 0.4) is 0 Å². The average molecular weight is 499 g/mol. The van der Waals surface area contributed by atoms with Crippen LogP contribution in [0.2, 0.25) is 0 Å². The minimum absolute atomic E-state index is 0.0101. The fraction of sp³-hybridized carbons (Fsp3) is 0.733. The molecule has 0 bridgehead atoms. The molecule has 3 aliphatic carbocycles. The van der Waals surface area contributed by atoms with E-state index in [4.69, 9.17) is 4.74 Å². The number of hydrogen-bond donors (Lipinski definition) is 3. The zero-order valence-electron chi connectivity index (χ0n) is 22.6. The smallest absolute Gasteiger partial charge is 0.223 e. The van der Waals surface area contributed by atoms with Crippen LogP contribution >= 0.6 is 0 Å². The standard InChI is InChI=1S/C30H46N2O4/c1-19(28(34)31-18-21-10-12-23(36-4)13-11-21)24-14-16-30(3)17-15-25(20(2)26(30)27(24)33)32-29(35)22-8-6-5-7-9-22/h10-13,19-20,22,24-27,33H,5-9,14-18H2,1-4H3,(H,31,34)(H,32,35)/t19-,20+,24?,25-,26+,27-,30-/m0/s1. The van der Waals surface area contributed by atoms with E-state index in [9.17, 15) is 14.7 Å². The van der Waals surface area contributed by atoms with Crippen LogP contribution in [0.1, 0.15) is 84.1 Å². The normalized spacial score (nSPS) is 33.8. The van der Waals surface area contributed by atoms with Gasteiger partial charge in [0.05, 0.1) is 13.2 Å². The summed E-state index contributed by atoms with van der Waals surface area (Å²) in [5, 5.41) is 18.1. The topological polar surface area (TPSA) is 87.7 Å². The molecule has 0 spiro atoms. The van der Waals surface area contributed by atoms with Gasteiger partial charge in [-0.1, -0.05) is 52.2 Å². The number of amides is 2. The number of aliphatic hydroxyl groups is 1. The molecular formula is C30H46N2O4. The third kappa shape index (κ3) is 5.74. The van der Waals surface area contributed by atoms with Crippen molar-refractivity contribution in [3.63, 3.8) is 0 Å². The molecule has 0 heterocycles. The molecule has 1 aromatic rings. The van der Waals surface area contributed by atoms with Crippen molar-refractivity contribution < 1.29 is 19.4 Å². The predicted octanol–water partition coefficient (Wildman–Crippen LogP) is 4.84. The highest BCUT2D eigenvalue weighted by Gasteiger charge is 2.54. The number of carbonyl (C=O) groups excluding carboxylic acids is 2. The highest BCUT2D eigenvalue weighted by atomic mass is 16.5. The van der Waals surface area contributed by atoms with Crippen LogP contribution in [0.5, 0.6) is 5.75 Å². The van der Waals surface area contributed by atoms with Gasteiger partial charge in [-0.25, -0.2) is 0 Å². The summed E-state index contributed by atoms with van der Waals surface area (Å²) in [7, 11) is 1.64. The first-order valence-electron chi connectivity index (χ1n) is 14.1. The number of rotatable bonds is 7. The molecular weight excluding hydrogens is 452 g/mol. The minimum Gasteiger partial charge on any atom is -0.497 e. The van der Waals surface area contributed by atoms with Gasteiger partial charge in [-0.2, -0.15) is 0 Å². The summed E-state index contributed by atoms with van der Waals surface area (Å²) in [5.41, 5.74) is 1.08. The third-order valence-corrected chi connectivity index (χ3v) is 9.87. The molecule has 3 saturated carbocycles. The maximum atomic E-state index is 13.1. The summed E-state index contributed by atoms with van der Waals surface area (Å²) in [6.45, 7) is 6.92. The first-order valence-corrected chi connectivity index (χ1v) is 14.1. The highest BCUT2D eigenvalue weighted by Crippen LogP contribution is 2.55. The van der Waals surface area contributed by atoms with E-state index in [2.05, 4.69) is 24.5 Å². The number of benzene rings is 1. The van der Waals surface area contributed by atoms with Gasteiger partial charge in [0.25, 0.3) is 0 Å². The Morgan fingerprint density at radius 1 is 1.08 bits per heavy atom. The van der Waals surface area contributed by atoms with Crippen molar-refractivity contribution in [3.05, 3.63) is 29.8 Å². The number of hydrogen-bond acceptors (Lipinski definition) is 4. The van der Waals surface area contributed by atoms with Crippen LogP contribution in [0.25, 0.3) is 0 Å². The highest BCUT2D eigenvalue weighted by molar-refractivity contribution is 5.79. The van der Waals surface area contributed by atoms with E-state index >= 15 is 0 Å². The molecule has 0 aromatic heterocycles. The van der Waals surface area contributed by atoms with Gasteiger partial charge in [-0.3, -0.25) is 9.59 Å². The molecule has 6 heteroatoms. The molecule has 6 nitrogen and oxygen atoms in total. The molecule has 1 unspecified atom stereocenters. The Hall–Kier alpha value is -2.08. The summed E-state index contributed by atoms with van der Waals surface area (Å²) in [6.07, 6.45) is 8.86. The third-order valence-electron chi connectivity index (χ3n) is 9.87. The zero-order valence-corrected chi connectivity index (χ0v) is 22.6. The summed E-state index contributed by atoms with van der Waals surface area (Å²) in [4.78, 5) is 26.1. The SMILES string of the molecule is COc1ccc(CNC(=O)[C@@H](C)C2CC[C@@]3(C)CC[C@H](NC(=O)C4CCCCC4)[C@@H](C)[C@@H]3[C@H]2O)cc1. The van der Waals surface area contributed by atoms with Gasteiger partial charge >= 0.3 is 0 Å². The monoisotopic (exact) mass is 498 g/mol. The fourth-order valence-electron chi connectivity index (χ4n) is 7.45. The van der Waals surface area contributed by atoms with Crippen LogP contribution in [0.15, 0.2) is 24.3 Å². The van der Waals surface area contributed by atoms with E-state index in [0.29, 0.717) is 6.54 Å². The lowest BCUT2D eigenvalue weighted by atomic mass is 9.51. The summed E-state index contributed by atoms with van der Waals surface area (Å²) >= 11 is 0. The molecule has 3 aliphatic rings. The molecule has 2 amide bonds. The molecule has 1 aromatic carbocycles.